The Bertz CT molecular complexity index is 436. The predicted molar refractivity (Wildman–Crippen MR) is 74.8 cm³/mol. The van der Waals surface area contributed by atoms with Crippen molar-refractivity contribution in [2.75, 3.05) is 13.1 Å². The van der Waals surface area contributed by atoms with Gasteiger partial charge in [-0.15, -0.1) is 0 Å². The molecule has 2 saturated carbocycles. The molecule has 4 nitrogen and oxygen atoms in total. The Morgan fingerprint density at radius 2 is 2.00 bits per heavy atom. The minimum absolute atomic E-state index is 0.194. The molecule has 4 aliphatic rings. The summed E-state index contributed by atoms with van der Waals surface area (Å²) in [6.45, 7) is 1.71. The highest BCUT2D eigenvalue weighted by atomic mass is 16.2. The minimum Gasteiger partial charge on any atom is -0.353 e. The van der Waals surface area contributed by atoms with Gasteiger partial charge in [-0.2, -0.15) is 0 Å². The third-order valence-corrected chi connectivity index (χ3v) is 6.19. The summed E-state index contributed by atoms with van der Waals surface area (Å²) in [7, 11) is 0. The van der Waals surface area contributed by atoms with E-state index >= 15 is 0 Å². The molecule has 2 bridgehead atoms. The van der Waals surface area contributed by atoms with Crippen LogP contribution in [0.2, 0.25) is 0 Å². The summed E-state index contributed by atoms with van der Waals surface area (Å²) < 4.78 is 0. The number of carbonyl (C=O) groups excluding carboxylic acids is 2. The molecule has 5 atom stereocenters. The number of nitrogens with zero attached hydrogens (tertiary/aromatic N) is 1. The molecule has 0 aromatic carbocycles. The molecular weight excluding hydrogens is 252 g/mol. The lowest BCUT2D eigenvalue weighted by Gasteiger charge is -2.42. The molecule has 2 heterocycles. The summed E-state index contributed by atoms with van der Waals surface area (Å²) in [5.74, 6) is 2.94. The monoisotopic (exact) mass is 276 g/mol. The number of piperidine rings is 2. The maximum absolute atomic E-state index is 12.8. The molecule has 20 heavy (non-hydrogen) atoms. The van der Waals surface area contributed by atoms with E-state index in [1.807, 2.05) is 0 Å². The van der Waals surface area contributed by atoms with Crippen LogP contribution in [0.15, 0.2) is 0 Å². The quantitative estimate of drug-likeness (QED) is 0.790. The summed E-state index contributed by atoms with van der Waals surface area (Å²) in [5.41, 5.74) is 0. The first-order valence-electron chi connectivity index (χ1n) is 8.29. The predicted octanol–water partition coefficient (Wildman–Crippen LogP) is 1.55. The highest BCUT2D eigenvalue weighted by Gasteiger charge is 2.45. The second-order valence-electron chi connectivity index (χ2n) is 7.33. The van der Waals surface area contributed by atoms with Gasteiger partial charge in [-0.05, 0) is 49.9 Å². The van der Waals surface area contributed by atoms with Gasteiger partial charge in [0, 0.05) is 31.5 Å². The van der Waals surface area contributed by atoms with E-state index < -0.39 is 0 Å². The Hall–Kier alpha value is -1.06. The van der Waals surface area contributed by atoms with Crippen molar-refractivity contribution >= 4 is 11.8 Å². The van der Waals surface area contributed by atoms with Crippen LogP contribution in [0.3, 0.4) is 0 Å². The van der Waals surface area contributed by atoms with Crippen LogP contribution in [-0.2, 0) is 9.59 Å². The molecule has 2 aliphatic carbocycles. The Kier molecular flexibility index (Phi) is 3.00. The Labute approximate surface area is 120 Å². The van der Waals surface area contributed by atoms with Crippen LogP contribution in [0.1, 0.15) is 44.9 Å². The van der Waals surface area contributed by atoms with E-state index in [1.54, 1.807) is 0 Å². The van der Waals surface area contributed by atoms with Crippen LogP contribution in [0.4, 0.5) is 0 Å². The first-order chi connectivity index (χ1) is 9.70. The van der Waals surface area contributed by atoms with E-state index in [2.05, 4.69) is 10.2 Å². The van der Waals surface area contributed by atoms with Crippen molar-refractivity contribution in [2.45, 2.75) is 51.0 Å². The summed E-state index contributed by atoms with van der Waals surface area (Å²) in [6.07, 6.45) is 7.61. The highest BCUT2D eigenvalue weighted by Crippen LogP contribution is 2.49. The number of nitrogens with one attached hydrogen (secondary N) is 1. The molecule has 5 unspecified atom stereocenters. The van der Waals surface area contributed by atoms with E-state index in [-0.39, 0.29) is 5.91 Å². The van der Waals surface area contributed by atoms with Crippen molar-refractivity contribution in [3.05, 3.63) is 0 Å². The molecule has 1 N–H and O–H groups in total. The number of likely N-dealkylation sites (tertiary alicyclic amines) is 1. The van der Waals surface area contributed by atoms with Gasteiger partial charge in [0.2, 0.25) is 11.8 Å². The van der Waals surface area contributed by atoms with Gasteiger partial charge in [-0.3, -0.25) is 9.59 Å². The van der Waals surface area contributed by atoms with E-state index in [9.17, 15) is 9.59 Å². The fourth-order valence-corrected chi connectivity index (χ4v) is 5.09. The number of hydrogen-bond donors (Lipinski definition) is 1. The van der Waals surface area contributed by atoms with Crippen LogP contribution in [0, 0.1) is 23.7 Å². The second-order valence-corrected chi connectivity index (χ2v) is 7.33. The summed E-state index contributed by atoms with van der Waals surface area (Å²) >= 11 is 0. The summed E-state index contributed by atoms with van der Waals surface area (Å²) in [6, 6.07) is 0.320. The summed E-state index contributed by atoms with van der Waals surface area (Å²) in [5, 5.41) is 3.10. The van der Waals surface area contributed by atoms with Crippen LogP contribution >= 0.6 is 0 Å². The van der Waals surface area contributed by atoms with Crippen LogP contribution in [0.5, 0.6) is 0 Å². The average Bonchev–Trinajstić information content (AvgIpc) is 3.08. The van der Waals surface area contributed by atoms with Crippen molar-refractivity contribution in [1.82, 2.24) is 10.2 Å². The zero-order valence-corrected chi connectivity index (χ0v) is 12.0. The van der Waals surface area contributed by atoms with Crippen LogP contribution < -0.4 is 5.32 Å². The minimum atomic E-state index is 0.194. The zero-order chi connectivity index (χ0) is 13.7. The highest BCUT2D eigenvalue weighted by molar-refractivity contribution is 5.80. The van der Waals surface area contributed by atoms with Gasteiger partial charge >= 0.3 is 0 Å². The number of rotatable bonds is 1. The molecule has 0 aromatic heterocycles. The van der Waals surface area contributed by atoms with Gasteiger partial charge in [0.25, 0.3) is 0 Å². The normalized spacial score (nSPS) is 43.3. The molecule has 2 aliphatic heterocycles. The lowest BCUT2D eigenvalue weighted by atomic mass is 9.83. The molecule has 4 heteroatoms. The van der Waals surface area contributed by atoms with Gasteiger partial charge in [0.05, 0.1) is 0 Å². The second kappa shape index (κ2) is 4.74. The summed E-state index contributed by atoms with van der Waals surface area (Å²) in [4.78, 5) is 26.3. The van der Waals surface area contributed by atoms with Crippen molar-refractivity contribution in [1.29, 1.82) is 0 Å². The third kappa shape index (κ3) is 2.04. The van der Waals surface area contributed by atoms with E-state index in [1.165, 1.54) is 19.3 Å². The van der Waals surface area contributed by atoms with Crippen LogP contribution in [-0.4, -0.2) is 35.8 Å². The Morgan fingerprint density at radius 1 is 1.10 bits per heavy atom. The number of amides is 2. The third-order valence-electron chi connectivity index (χ3n) is 6.19. The molecule has 4 rings (SSSR count). The Morgan fingerprint density at radius 3 is 2.75 bits per heavy atom. The van der Waals surface area contributed by atoms with E-state index in [0.29, 0.717) is 36.1 Å². The molecule has 2 saturated heterocycles. The van der Waals surface area contributed by atoms with E-state index in [4.69, 9.17) is 0 Å². The molecular formula is C16H24N2O2. The van der Waals surface area contributed by atoms with Crippen molar-refractivity contribution in [3.8, 4) is 0 Å². The zero-order valence-electron chi connectivity index (χ0n) is 12.0. The largest absolute Gasteiger partial charge is 0.353 e. The topological polar surface area (TPSA) is 49.4 Å². The lowest BCUT2D eigenvalue weighted by Crippen LogP contribution is -2.56. The van der Waals surface area contributed by atoms with Gasteiger partial charge < -0.3 is 10.2 Å². The van der Waals surface area contributed by atoms with E-state index in [0.717, 1.165) is 38.3 Å². The lowest BCUT2D eigenvalue weighted by molar-refractivity contribution is -0.140. The first kappa shape index (κ1) is 12.7. The van der Waals surface area contributed by atoms with Crippen molar-refractivity contribution < 1.29 is 9.59 Å². The number of hydrogen-bond acceptors (Lipinski definition) is 2. The van der Waals surface area contributed by atoms with Gasteiger partial charge in [0.15, 0.2) is 0 Å². The smallest absolute Gasteiger partial charge is 0.225 e. The van der Waals surface area contributed by atoms with Gasteiger partial charge in [-0.1, -0.05) is 6.42 Å². The molecule has 0 radical (unpaired) electrons. The SMILES string of the molecule is O=C1CCC2CN(C(=O)C3CC4CCC3C4)CCC2N1. The molecule has 110 valence electrons. The average molecular weight is 276 g/mol. The molecule has 0 spiro atoms. The first-order valence-corrected chi connectivity index (χ1v) is 8.29. The number of fused-ring (bicyclic) bond motifs is 3. The number of carbonyl (C=O) groups is 2. The molecule has 4 fully saturated rings. The van der Waals surface area contributed by atoms with Gasteiger partial charge in [0.1, 0.15) is 0 Å². The van der Waals surface area contributed by atoms with Crippen LogP contribution in [0.25, 0.3) is 0 Å². The maximum atomic E-state index is 12.8. The molecule has 0 aromatic rings. The maximum Gasteiger partial charge on any atom is 0.225 e. The standard InChI is InChI=1S/C16H24N2O2/c19-15-4-3-12-9-18(6-5-14(12)17-15)16(20)13-8-10-1-2-11(13)7-10/h10-14H,1-9H2,(H,17,19). The van der Waals surface area contributed by atoms with Gasteiger partial charge in [-0.25, -0.2) is 0 Å². The Balaban J connectivity index is 1.40. The fraction of sp³-hybridized carbons (Fsp3) is 0.875. The molecule has 2 amide bonds. The van der Waals surface area contributed by atoms with Crippen molar-refractivity contribution in [2.24, 2.45) is 23.7 Å². The fourth-order valence-electron chi connectivity index (χ4n) is 5.09. The van der Waals surface area contributed by atoms with Crippen molar-refractivity contribution in [3.63, 3.8) is 0 Å².